The van der Waals surface area contributed by atoms with Gasteiger partial charge in [0.15, 0.2) is 5.78 Å². The summed E-state index contributed by atoms with van der Waals surface area (Å²) in [5.74, 6) is -0.128. The van der Waals surface area contributed by atoms with Crippen molar-refractivity contribution in [1.82, 2.24) is 14.5 Å². The van der Waals surface area contributed by atoms with Crippen LogP contribution in [0.3, 0.4) is 0 Å². The van der Waals surface area contributed by atoms with E-state index in [0.29, 0.717) is 24.4 Å². The van der Waals surface area contributed by atoms with Crippen LogP contribution >= 0.6 is 0 Å². The molecule has 27 heavy (non-hydrogen) atoms. The molecule has 140 valence electrons. The minimum atomic E-state index is -0.569. The van der Waals surface area contributed by atoms with E-state index in [1.54, 1.807) is 35.2 Å². The van der Waals surface area contributed by atoms with Crippen LogP contribution in [-0.4, -0.2) is 45.3 Å². The zero-order valence-corrected chi connectivity index (χ0v) is 15.1. The highest BCUT2D eigenvalue weighted by Crippen LogP contribution is 2.18. The summed E-state index contributed by atoms with van der Waals surface area (Å²) >= 11 is 0. The number of ketones is 1. The van der Waals surface area contributed by atoms with Crippen molar-refractivity contribution in [2.75, 3.05) is 13.1 Å². The van der Waals surface area contributed by atoms with Gasteiger partial charge in [-0.05, 0) is 50.0 Å². The van der Waals surface area contributed by atoms with Gasteiger partial charge in [-0.1, -0.05) is 12.1 Å². The second-order valence-electron chi connectivity index (χ2n) is 6.37. The van der Waals surface area contributed by atoms with Gasteiger partial charge >= 0.3 is 6.09 Å². The van der Waals surface area contributed by atoms with Gasteiger partial charge in [0.2, 0.25) is 0 Å². The maximum atomic E-state index is 12.6. The molecule has 1 aromatic carbocycles. The Labute approximate surface area is 157 Å². The number of carbonyl (C=O) groups excluding carboxylic acids is 3. The predicted octanol–water partition coefficient (Wildman–Crippen LogP) is 2.92. The van der Waals surface area contributed by atoms with Crippen LogP contribution in [0, 0.1) is 0 Å². The van der Waals surface area contributed by atoms with E-state index >= 15 is 0 Å². The Balaban J connectivity index is 1.72. The lowest BCUT2D eigenvalue weighted by molar-refractivity contribution is -0.130. The summed E-state index contributed by atoms with van der Waals surface area (Å²) < 4.78 is 6.45. The fourth-order valence-corrected chi connectivity index (χ4v) is 2.90. The smallest absolute Gasteiger partial charge is 0.410 e. The zero-order chi connectivity index (χ0) is 19.2. The minimum Gasteiger partial charge on any atom is -0.410 e. The number of nitrogens with zero attached hydrogens (tertiary/aromatic N) is 3. The fraction of sp³-hybridized carbons (Fsp3) is 0.300. The third-order valence-corrected chi connectivity index (χ3v) is 4.36. The van der Waals surface area contributed by atoms with Crippen molar-refractivity contribution < 1.29 is 19.1 Å². The Bertz CT molecular complexity index is 848. The topological polar surface area (TPSA) is 81.5 Å². The van der Waals surface area contributed by atoms with Crippen LogP contribution in [0.1, 0.15) is 31.7 Å². The average molecular weight is 367 g/mol. The van der Waals surface area contributed by atoms with E-state index in [9.17, 15) is 14.4 Å². The molecule has 0 saturated carbocycles. The number of benzene rings is 1. The summed E-state index contributed by atoms with van der Waals surface area (Å²) in [5.41, 5.74) is 0.855. The Morgan fingerprint density at radius 3 is 2.37 bits per heavy atom. The summed E-state index contributed by atoms with van der Waals surface area (Å²) in [6.45, 7) is 2.77. The molecule has 7 nitrogen and oxygen atoms in total. The van der Waals surface area contributed by atoms with Crippen LogP contribution in [0.15, 0.2) is 48.6 Å². The number of hydrogen-bond donors (Lipinski definition) is 0. The molecule has 0 atom stereocenters. The van der Waals surface area contributed by atoms with Gasteiger partial charge in [-0.15, -0.1) is 0 Å². The molecule has 0 bridgehead atoms. The molecule has 0 radical (unpaired) electrons. The molecule has 0 N–H and O–H groups in total. The number of amides is 1. The van der Waals surface area contributed by atoms with Crippen molar-refractivity contribution in [3.8, 4) is 5.75 Å². The molecule has 1 aliphatic heterocycles. The highest BCUT2D eigenvalue weighted by atomic mass is 16.6. The van der Waals surface area contributed by atoms with E-state index in [4.69, 9.17) is 4.74 Å². The van der Waals surface area contributed by atoms with Gasteiger partial charge in [-0.3, -0.25) is 9.59 Å². The summed E-state index contributed by atoms with van der Waals surface area (Å²) in [6.07, 6.45) is 8.39. The lowest BCUT2D eigenvalue weighted by atomic mass is 10.0. The Morgan fingerprint density at radius 1 is 1.07 bits per heavy atom. The summed E-state index contributed by atoms with van der Waals surface area (Å²) in [5, 5.41) is 0. The number of imidazole rings is 1. The summed E-state index contributed by atoms with van der Waals surface area (Å²) in [6, 6.07) is 6.62. The first-order chi connectivity index (χ1) is 13.0. The number of Topliss-reactive ketones (excluding diaryl/α,β-unsaturated/α-hetero) is 1. The normalized spacial score (nSPS) is 14.7. The molecule has 2 aromatic rings. The van der Waals surface area contributed by atoms with Gasteiger partial charge in [0.05, 0.1) is 5.57 Å². The average Bonchev–Trinajstić information content (AvgIpc) is 3.22. The second-order valence-corrected chi connectivity index (χ2v) is 6.37. The minimum absolute atomic E-state index is 0.167. The maximum absolute atomic E-state index is 12.6. The fourth-order valence-electron chi connectivity index (χ4n) is 2.90. The highest BCUT2D eigenvalue weighted by molar-refractivity contribution is 6.21. The van der Waals surface area contributed by atoms with Crippen molar-refractivity contribution in [2.45, 2.75) is 26.2 Å². The number of ether oxygens (including phenoxy) is 1. The summed E-state index contributed by atoms with van der Waals surface area (Å²) in [4.78, 5) is 42.0. The first-order valence-corrected chi connectivity index (χ1v) is 8.87. The largest absolute Gasteiger partial charge is 0.424 e. The third kappa shape index (κ3) is 4.69. The number of likely N-dealkylation sites (tertiary alicyclic amines) is 1. The van der Waals surface area contributed by atoms with E-state index in [0.717, 1.165) is 19.3 Å². The maximum Gasteiger partial charge on any atom is 0.424 e. The van der Waals surface area contributed by atoms with Crippen molar-refractivity contribution in [3.63, 3.8) is 0 Å². The van der Waals surface area contributed by atoms with E-state index < -0.39 is 6.09 Å². The van der Waals surface area contributed by atoms with Gasteiger partial charge < -0.3 is 9.64 Å². The third-order valence-electron chi connectivity index (χ3n) is 4.36. The molecule has 0 spiro atoms. The number of hydrogen-bond acceptors (Lipinski definition) is 5. The molecule has 7 heteroatoms. The molecule has 3 rings (SSSR count). The van der Waals surface area contributed by atoms with Gasteiger partial charge in [-0.25, -0.2) is 14.3 Å². The zero-order valence-electron chi connectivity index (χ0n) is 15.1. The van der Waals surface area contributed by atoms with E-state index in [1.807, 2.05) is 0 Å². The van der Waals surface area contributed by atoms with E-state index in [-0.39, 0.29) is 17.3 Å². The molecular weight excluding hydrogens is 346 g/mol. The van der Waals surface area contributed by atoms with Gasteiger partial charge in [0, 0.05) is 25.5 Å². The Kier molecular flexibility index (Phi) is 5.80. The first-order valence-electron chi connectivity index (χ1n) is 8.87. The quantitative estimate of drug-likeness (QED) is 0.471. The van der Waals surface area contributed by atoms with Crippen LogP contribution in [0.2, 0.25) is 0 Å². The lowest BCUT2D eigenvalue weighted by Crippen LogP contribution is -2.37. The number of carbonyl (C=O) groups is 3. The number of rotatable bonds is 4. The van der Waals surface area contributed by atoms with Gasteiger partial charge in [0.1, 0.15) is 12.1 Å². The standard InChI is InChI=1S/C20H21N3O4/c1-15(24)18(19(25)22-10-3-2-4-11-22)13-16-5-7-17(8-6-16)27-20(26)23-12-9-21-14-23/h5-9,12-14H,2-4,10-11H2,1H3/b18-13+. The molecule has 1 amide bonds. The predicted molar refractivity (Wildman–Crippen MR) is 99.2 cm³/mol. The summed E-state index contributed by atoms with van der Waals surface area (Å²) in [7, 11) is 0. The number of piperidine rings is 1. The highest BCUT2D eigenvalue weighted by Gasteiger charge is 2.22. The molecule has 2 heterocycles. The Hall–Kier alpha value is -3.22. The molecule has 0 unspecified atom stereocenters. The van der Waals surface area contributed by atoms with Gasteiger partial charge in [-0.2, -0.15) is 0 Å². The molecule has 1 aliphatic rings. The molecule has 0 aliphatic carbocycles. The van der Waals surface area contributed by atoms with Crippen molar-refractivity contribution in [1.29, 1.82) is 0 Å². The van der Waals surface area contributed by atoms with Crippen LogP contribution in [-0.2, 0) is 9.59 Å². The van der Waals surface area contributed by atoms with Crippen molar-refractivity contribution in [2.24, 2.45) is 0 Å². The van der Waals surface area contributed by atoms with Crippen LogP contribution in [0.5, 0.6) is 5.75 Å². The Morgan fingerprint density at radius 2 is 1.78 bits per heavy atom. The molecule has 1 aromatic heterocycles. The monoisotopic (exact) mass is 367 g/mol. The van der Waals surface area contributed by atoms with Crippen molar-refractivity contribution >= 4 is 23.9 Å². The SMILES string of the molecule is CC(=O)/C(=C\c1ccc(OC(=O)n2ccnc2)cc1)C(=O)N1CCCCC1. The number of aromatic nitrogens is 2. The van der Waals surface area contributed by atoms with Crippen LogP contribution in [0.25, 0.3) is 6.08 Å². The van der Waals surface area contributed by atoms with E-state index in [2.05, 4.69) is 4.98 Å². The van der Waals surface area contributed by atoms with Crippen molar-refractivity contribution in [3.05, 3.63) is 54.1 Å². The molecule has 1 saturated heterocycles. The first kappa shape index (κ1) is 18.6. The second kappa shape index (κ2) is 8.44. The molecular formula is C20H21N3O4. The van der Waals surface area contributed by atoms with Gasteiger partial charge in [0.25, 0.3) is 5.91 Å². The van der Waals surface area contributed by atoms with Crippen LogP contribution < -0.4 is 4.74 Å². The van der Waals surface area contributed by atoms with E-state index in [1.165, 1.54) is 30.2 Å². The molecule has 1 fully saturated rings. The lowest BCUT2D eigenvalue weighted by Gasteiger charge is -2.27. The van der Waals surface area contributed by atoms with Crippen LogP contribution in [0.4, 0.5) is 4.79 Å².